The molecule has 0 bridgehead atoms. The van der Waals surface area contributed by atoms with Gasteiger partial charge in [-0.1, -0.05) is 36.4 Å². The van der Waals surface area contributed by atoms with Crippen molar-refractivity contribution in [2.24, 2.45) is 5.41 Å². The van der Waals surface area contributed by atoms with Crippen LogP contribution in [0, 0.1) is 5.41 Å². The van der Waals surface area contributed by atoms with Crippen molar-refractivity contribution in [1.29, 1.82) is 0 Å². The van der Waals surface area contributed by atoms with Gasteiger partial charge >= 0.3 is 11.9 Å². The van der Waals surface area contributed by atoms with Gasteiger partial charge < -0.3 is 14.5 Å². The standard InChI is InChI=1S/C26H33NO4/c1-8-17-15-26(22(28)30-24(2,3)4,23(29)31-25(5,6)7)16-21-19(17)14-20(27-21)18-12-10-9-11-13-18/h8-14,17,27H,1,15-16H2,2-7H3/t17-/m0/s1. The minimum Gasteiger partial charge on any atom is -0.459 e. The van der Waals surface area contributed by atoms with Crippen LogP contribution in [0.15, 0.2) is 49.1 Å². The number of H-pyrrole nitrogens is 1. The Morgan fingerprint density at radius 3 is 2.06 bits per heavy atom. The zero-order valence-electron chi connectivity index (χ0n) is 19.4. The number of allylic oxidation sites excluding steroid dienone is 1. The van der Waals surface area contributed by atoms with Crippen molar-refractivity contribution < 1.29 is 19.1 Å². The molecular weight excluding hydrogens is 390 g/mol. The lowest BCUT2D eigenvalue weighted by atomic mass is 9.68. The average Bonchev–Trinajstić information content (AvgIpc) is 3.09. The van der Waals surface area contributed by atoms with Gasteiger partial charge in [0.15, 0.2) is 5.41 Å². The van der Waals surface area contributed by atoms with Crippen LogP contribution < -0.4 is 0 Å². The molecule has 5 nitrogen and oxygen atoms in total. The second-order valence-corrected chi connectivity index (χ2v) is 10.3. The SMILES string of the molecule is C=C[C@H]1CC(C(=O)OC(C)(C)C)(C(=O)OC(C)(C)C)Cc2[nH]c(-c3ccccc3)cc21. The first-order valence-electron chi connectivity index (χ1n) is 10.7. The van der Waals surface area contributed by atoms with E-state index in [1.165, 1.54) is 0 Å². The molecule has 166 valence electrons. The Labute approximate surface area is 184 Å². The highest BCUT2D eigenvalue weighted by Crippen LogP contribution is 2.47. The molecule has 0 unspecified atom stereocenters. The van der Waals surface area contributed by atoms with Crippen molar-refractivity contribution in [3.05, 3.63) is 60.3 Å². The van der Waals surface area contributed by atoms with E-state index in [2.05, 4.69) is 17.6 Å². The number of hydrogen-bond acceptors (Lipinski definition) is 4. The third-order valence-corrected chi connectivity index (χ3v) is 5.33. The van der Waals surface area contributed by atoms with Gasteiger partial charge in [0.1, 0.15) is 11.2 Å². The predicted octanol–water partition coefficient (Wildman–Crippen LogP) is 5.57. The van der Waals surface area contributed by atoms with Gasteiger partial charge in [-0.05, 0) is 65.2 Å². The molecule has 1 aliphatic carbocycles. The average molecular weight is 424 g/mol. The highest BCUT2D eigenvalue weighted by Gasteiger charge is 2.55. The summed E-state index contributed by atoms with van der Waals surface area (Å²) in [6.45, 7) is 14.8. The monoisotopic (exact) mass is 423 g/mol. The molecule has 0 aliphatic heterocycles. The van der Waals surface area contributed by atoms with Crippen LogP contribution in [-0.4, -0.2) is 28.1 Å². The fourth-order valence-corrected chi connectivity index (χ4v) is 3.98. The van der Waals surface area contributed by atoms with Crippen molar-refractivity contribution in [2.75, 3.05) is 0 Å². The number of aromatic nitrogens is 1. The normalized spacial score (nSPS) is 18.1. The van der Waals surface area contributed by atoms with E-state index in [4.69, 9.17) is 9.47 Å². The van der Waals surface area contributed by atoms with Crippen LogP contribution in [0.5, 0.6) is 0 Å². The predicted molar refractivity (Wildman–Crippen MR) is 122 cm³/mol. The summed E-state index contributed by atoms with van der Waals surface area (Å²) in [6, 6.07) is 12.1. The number of nitrogens with one attached hydrogen (secondary N) is 1. The summed E-state index contributed by atoms with van der Waals surface area (Å²) in [5, 5.41) is 0. The van der Waals surface area contributed by atoms with Crippen LogP contribution in [0.1, 0.15) is 65.1 Å². The van der Waals surface area contributed by atoms with E-state index in [9.17, 15) is 9.59 Å². The lowest BCUT2D eigenvalue weighted by Gasteiger charge is -2.39. The molecule has 1 atom stereocenters. The van der Waals surface area contributed by atoms with E-state index in [-0.39, 0.29) is 18.8 Å². The maximum Gasteiger partial charge on any atom is 0.324 e. The van der Waals surface area contributed by atoms with Gasteiger partial charge in [-0.15, -0.1) is 6.58 Å². The number of benzene rings is 1. The number of hydrogen-bond donors (Lipinski definition) is 1. The van der Waals surface area contributed by atoms with Gasteiger partial charge in [0.05, 0.1) is 0 Å². The zero-order valence-corrected chi connectivity index (χ0v) is 19.4. The van der Waals surface area contributed by atoms with Crippen molar-refractivity contribution >= 4 is 11.9 Å². The van der Waals surface area contributed by atoms with E-state index < -0.39 is 28.6 Å². The lowest BCUT2D eigenvalue weighted by Crippen LogP contribution is -2.50. The minimum absolute atomic E-state index is 0.183. The summed E-state index contributed by atoms with van der Waals surface area (Å²) in [4.78, 5) is 30.3. The van der Waals surface area contributed by atoms with Crippen LogP contribution >= 0.6 is 0 Å². The molecule has 1 aromatic heterocycles. The van der Waals surface area contributed by atoms with Crippen LogP contribution in [0.4, 0.5) is 0 Å². The smallest absolute Gasteiger partial charge is 0.324 e. The van der Waals surface area contributed by atoms with Gasteiger partial charge in [-0.25, -0.2) is 0 Å². The first-order chi connectivity index (χ1) is 14.3. The van der Waals surface area contributed by atoms with Crippen LogP contribution in [-0.2, 0) is 25.5 Å². The number of carbonyl (C=O) groups excluding carboxylic acids is 2. The molecule has 5 heteroatoms. The Morgan fingerprint density at radius 1 is 1.03 bits per heavy atom. The molecule has 1 aromatic carbocycles. The van der Waals surface area contributed by atoms with Crippen molar-refractivity contribution in [2.45, 2.75) is 71.5 Å². The number of aromatic amines is 1. The number of carbonyl (C=O) groups is 2. The van der Waals surface area contributed by atoms with Crippen molar-refractivity contribution in [3.63, 3.8) is 0 Å². The second kappa shape index (κ2) is 8.03. The summed E-state index contributed by atoms with van der Waals surface area (Å²) in [5.74, 6) is -1.29. The Balaban J connectivity index is 2.09. The quantitative estimate of drug-likeness (QED) is 0.397. The summed E-state index contributed by atoms with van der Waals surface area (Å²) >= 11 is 0. The summed E-state index contributed by atoms with van der Waals surface area (Å²) in [6.07, 6.45) is 2.26. The molecule has 31 heavy (non-hydrogen) atoms. The molecule has 1 aliphatic rings. The molecule has 0 amide bonds. The number of fused-ring (bicyclic) bond motifs is 1. The highest BCUT2D eigenvalue weighted by atomic mass is 16.6. The molecule has 1 N–H and O–H groups in total. The zero-order chi connectivity index (χ0) is 23.0. The van der Waals surface area contributed by atoms with E-state index in [1.54, 1.807) is 47.6 Å². The second-order valence-electron chi connectivity index (χ2n) is 10.3. The van der Waals surface area contributed by atoms with E-state index in [0.29, 0.717) is 0 Å². The third kappa shape index (κ3) is 4.92. The van der Waals surface area contributed by atoms with E-state index >= 15 is 0 Å². The van der Waals surface area contributed by atoms with E-state index in [1.807, 2.05) is 30.3 Å². The number of ether oxygens (including phenoxy) is 2. The van der Waals surface area contributed by atoms with Crippen LogP contribution in [0.3, 0.4) is 0 Å². The molecule has 0 saturated heterocycles. The largest absolute Gasteiger partial charge is 0.459 e. The van der Waals surface area contributed by atoms with Crippen LogP contribution in [0.2, 0.25) is 0 Å². The molecule has 0 spiro atoms. The maximum absolute atomic E-state index is 13.4. The minimum atomic E-state index is -1.44. The number of rotatable bonds is 4. The van der Waals surface area contributed by atoms with Gasteiger partial charge in [0.25, 0.3) is 0 Å². The molecule has 0 fully saturated rings. The summed E-state index contributed by atoms with van der Waals surface area (Å²) in [7, 11) is 0. The Hall–Kier alpha value is -2.82. The molecule has 0 saturated carbocycles. The maximum atomic E-state index is 13.4. The Bertz CT molecular complexity index is 945. The summed E-state index contributed by atoms with van der Waals surface area (Å²) in [5.41, 5.74) is 0.998. The van der Waals surface area contributed by atoms with Crippen LogP contribution in [0.25, 0.3) is 11.3 Å². The van der Waals surface area contributed by atoms with Crippen molar-refractivity contribution in [1.82, 2.24) is 4.98 Å². The molecule has 1 heterocycles. The Morgan fingerprint density at radius 2 is 1.58 bits per heavy atom. The molecule has 0 radical (unpaired) electrons. The van der Waals surface area contributed by atoms with E-state index in [0.717, 1.165) is 22.5 Å². The topological polar surface area (TPSA) is 68.4 Å². The fourth-order valence-electron chi connectivity index (χ4n) is 3.98. The summed E-state index contributed by atoms with van der Waals surface area (Å²) < 4.78 is 11.5. The van der Waals surface area contributed by atoms with Gasteiger partial charge in [0, 0.05) is 23.7 Å². The first-order valence-corrected chi connectivity index (χ1v) is 10.7. The third-order valence-electron chi connectivity index (χ3n) is 5.33. The van der Waals surface area contributed by atoms with Crippen molar-refractivity contribution in [3.8, 4) is 11.3 Å². The highest BCUT2D eigenvalue weighted by molar-refractivity contribution is 6.01. The van der Waals surface area contributed by atoms with Gasteiger partial charge in [0.2, 0.25) is 0 Å². The molecule has 3 rings (SSSR count). The Kier molecular flexibility index (Phi) is 5.92. The first kappa shape index (κ1) is 22.9. The fraction of sp³-hybridized carbons (Fsp3) is 0.462. The molecule has 2 aromatic rings. The van der Waals surface area contributed by atoms with Gasteiger partial charge in [-0.3, -0.25) is 9.59 Å². The number of esters is 2. The molecular formula is C26H33NO4. The lowest BCUT2D eigenvalue weighted by molar-refractivity contribution is -0.186. The van der Waals surface area contributed by atoms with Gasteiger partial charge in [-0.2, -0.15) is 0 Å².